The third-order valence-electron chi connectivity index (χ3n) is 4.63. The molecule has 0 saturated heterocycles. The summed E-state index contributed by atoms with van der Waals surface area (Å²) in [5.41, 5.74) is 6.49. The van der Waals surface area contributed by atoms with Gasteiger partial charge in [0.2, 0.25) is 5.95 Å². The summed E-state index contributed by atoms with van der Waals surface area (Å²) < 4.78 is 15.1. The van der Waals surface area contributed by atoms with Crippen molar-refractivity contribution in [3.05, 3.63) is 36.0 Å². The van der Waals surface area contributed by atoms with Crippen LogP contribution in [0, 0.1) is 5.82 Å². The summed E-state index contributed by atoms with van der Waals surface area (Å²) in [6, 6.07) is 1.26. The lowest BCUT2D eigenvalue weighted by molar-refractivity contribution is 0.0945. The molecule has 0 aromatic carbocycles. The van der Waals surface area contributed by atoms with Gasteiger partial charge < -0.3 is 16.4 Å². The summed E-state index contributed by atoms with van der Waals surface area (Å²) in [5, 5.41) is 10.3. The first-order valence-electron chi connectivity index (χ1n) is 9.43. The number of rotatable bonds is 8. The number of nitrogen functional groups attached to an aromatic ring is 1. The van der Waals surface area contributed by atoms with Gasteiger partial charge in [-0.15, -0.1) is 0 Å². The Kier molecular flexibility index (Phi) is 5.90. The lowest BCUT2D eigenvalue weighted by Gasteiger charge is -2.32. The number of hydrogen-bond acceptors (Lipinski definition) is 7. The highest BCUT2D eigenvalue weighted by Crippen LogP contribution is 2.25. The van der Waals surface area contributed by atoms with Crippen molar-refractivity contribution < 1.29 is 9.18 Å². The van der Waals surface area contributed by atoms with Crippen LogP contribution in [-0.2, 0) is 7.05 Å². The van der Waals surface area contributed by atoms with Crippen LogP contribution in [0.3, 0.4) is 0 Å². The number of carbonyl (C=O) groups excluding carboxylic acids is 1. The van der Waals surface area contributed by atoms with Crippen molar-refractivity contribution in [3.63, 3.8) is 0 Å². The molecule has 154 valence electrons. The number of aromatic nitrogens is 5. The van der Waals surface area contributed by atoms with E-state index in [9.17, 15) is 9.18 Å². The van der Waals surface area contributed by atoms with Gasteiger partial charge in [0.05, 0.1) is 29.0 Å². The maximum atomic E-state index is 13.5. The smallest absolute Gasteiger partial charge is 0.254 e. The Morgan fingerprint density at radius 1 is 1.34 bits per heavy atom. The first-order valence-corrected chi connectivity index (χ1v) is 9.43. The molecular weight excluding hydrogens is 375 g/mol. The van der Waals surface area contributed by atoms with Crippen molar-refractivity contribution in [2.45, 2.75) is 38.6 Å². The van der Waals surface area contributed by atoms with Crippen LogP contribution in [0.25, 0.3) is 11.0 Å². The molecule has 0 bridgehead atoms. The number of pyridine rings is 1. The number of nitrogens with zero attached hydrogens (tertiary/aromatic N) is 5. The largest absolute Gasteiger partial charge is 0.368 e. The van der Waals surface area contributed by atoms with E-state index in [1.165, 1.54) is 12.3 Å². The van der Waals surface area contributed by atoms with Crippen LogP contribution in [0.2, 0.25) is 0 Å². The van der Waals surface area contributed by atoms with Crippen molar-refractivity contribution in [1.82, 2.24) is 30.0 Å². The number of unbranched alkanes of at least 4 members (excludes halogenated alkanes) is 1. The van der Waals surface area contributed by atoms with Crippen LogP contribution in [0.15, 0.2) is 24.7 Å². The van der Waals surface area contributed by atoms with Gasteiger partial charge in [-0.1, -0.05) is 19.8 Å². The molecular formula is C19H25FN8O. The van der Waals surface area contributed by atoms with Crippen LogP contribution < -0.4 is 16.4 Å². The molecule has 1 amide bonds. The van der Waals surface area contributed by atoms with Gasteiger partial charge in [0.1, 0.15) is 11.3 Å². The Morgan fingerprint density at radius 3 is 2.83 bits per heavy atom. The average molecular weight is 400 g/mol. The molecule has 0 aliphatic heterocycles. The number of hydrogen-bond donors (Lipinski definition) is 3. The normalized spacial score (nSPS) is 13.2. The van der Waals surface area contributed by atoms with E-state index in [0.29, 0.717) is 29.0 Å². The number of aryl methyl sites for hydroxylation is 1. The van der Waals surface area contributed by atoms with Gasteiger partial charge in [-0.2, -0.15) is 10.1 Å². The highest BCUT2D eigenvalue weighted by molar-refractivity contribution is 5.93. The minimum absolute atomic E-state index is 0.0182. The van der Waals surface area contributed by atoms with Crippen LogP contribution >= 0.6 is 0 Å². The number of carbonyl (C=O) groups is 1. The van der Waals surface area contributed by atoms with Crippen LogP contribution in [0.5, 0.6) is 0 Å². The van der Waals surface area contributed by atoms with E-state index < -0.39 is 11.4 Å². The van der Waals surface area contributed by atoms with Crippen LogP contribution in [0.1, 0.15) is 43.5 Å². The quantitative estimate of drug-likeness (QED) is 0.530. The van der Waals surface area contributed by atoms with Crippen molar-refractivity contribution in [2.75, 3.05) is 17.6 Å². The SMILES string of the molecule is CCCC[C@](C)(CNC(=O)c1cnn(C)c1)Nc1nc(N)nc2cc(F)cnc12. The third-order valence-corrected chi connectivity index (χ3v) is 4.63. The van der Waals surface area contributed by atoms with Gasteiger partial charge in [-0.25, -0.2) is 14.4 Å². The Labute approximate surface area is 167 Å². The molecule has 9 nitrogen and oxygen atoms in total. The molecule has 0 unspecified atom stereocenters. The van der Waals surface area contributed by atoms with Gasteiger partial charge in [-0.3, -0.25) is 9.48 Å². The topological polar surface area (TPSA) is 124 Å². The Morgan fingerprint density at radius 2 is 2.14 bits per heavy atom. The second-order valence-electron chi connectivity index (χ2n) is 7.33. The average Bonchev–Trinajstić information content (AvgIpc) is 3.10. The fourth-order valence-corrected chi connectivity index (χ4v) is 3.06. The van der Waals surface area contributed by atoms with Crippen molar-refractivity contribution in [2.24, 2.45) is 7.05 Å². The second kappa shape index (κ2) is 8.38. The minimum atomic E-state index is -0.530. The van der Waals surface area contributed by atoms with Crippen molar-refractivity contribution in [1.29, 1.82) is 0 Å². The van der Waals surface area contributed by atoms with Crippen LogP contribution in [-0.4, -0.2) is 42.7 Å². The van der Waals surface area contributed by atoms with Gasteiger partial charge in [-0.05, 0) is 13.3 Å². The monoisotopic (exact) mass is 400 g/mol. The Balaban J connectivity index is 1.84. The number of amides is 1. The molecule has 3 aromatic heterocycles. The van der Waals surface area contributed by atoms with E-state index in [1.54, 1.807) is 17.9 Å². The van der Waals surface area contributed by atoms with E-state index in [4.69, 9.17) is 5.73 Å². The number of nitrogens with one attached hydrogen (secondary N) is 2. The molecule has 0 radical (unpaired) electrons. The first-order chi connectivity index (χ1) is 13.8. The molecule has 1 atom stereocenters. The molecule has 4 N–H and O–H groups in total. The summed E-state index contributed by atoms with van der Waals surface area (Å²) in [6.45, 7) is 4.42. The second-order valence-corrected chi connectivity index (χ2v) is 7.33. The molecule has 10 heteroatoms. The standard InChI is InChI=1S/C19H25FN8O/c1-4-5-6-19(2,11-23-17(29)12-8-24-28(3)10-12)27-16-15-14(25-18(21)26-16)7-13(20)9-22-15/h7-10H,4-6,11H2,1-3H3,(H,23,29)(H3,21,25,26,27)/t19-/m1/s1. The zero-order valence-electron chi connectivity index (χ0n) is 16.7. The summed E-state index contributed by atoms with van der Waals surface area (Å²) >= 11 is 0. The number of halogens is 1. The van der Waals surface area contributed by atoms with E-state index in [1.807, 2.05) is 6.92 Å². The number of anilines is 2. The molecule has 3 heterocycles. The molecule has 3 rings (SSSR count). The highest BCUT2D eigenvalue weighted by Gasteiger charge is 2.27. The molecule has 0 spiro atoms. The van der Waals surface area contributed by atoms with Crippen molar-refractivity contribution in [3.8, 4) is 0 Å². The van der Waals surface area contributed by atoms with Gasteiger partial charge in [0.15, 0.2) is 5.82 Å². The molecule has 3 aromatic rings. The predicted molar refractivity (Wildman–Crippen MR) is 109 cm³/mol. The third kappa shape index (κ3) is 4.95. The lowest BCUT2D eigenvalue weighted by Crippen LogP contribution is -2.46. The van der Waals surface area contributed by atoms with Gasteiger partial charge >= 0.3 is 0 Å². The van der Waals surface area contributed by atoms with Crippen molar-refractivity contribution >= 4 is 28.7 Å². The van der Waals surface area contributed by atoms with Gasteiger partial charge in [0, 0.05) is 25.9 Å². The zero-order chi connectivity index (χ0) is 21.0. The van der Waals surface area contributed by atoms with Crippen LogP contribution in [0.4, 0.5) is 16.2 Å². The van der Waals surface area contributed by atoms with E-state index in [2.05, 4.69) is 37.6 Å². The summed E-state index contributed by atoms with van der Waals surface area (Å²) in [4.78, 5) is 24.9. The first kappa shape index (κ1) is 20.4. The highest BCUT2D eigenvalue weighted by atomic mass is 19.1. The predicted octanol–water partition coefficient (Wildman–Crippen LogP) is 2.27. The lowest BCUT2D eigenvalue weighted by atomic mass is 9.94. The molecule has 0 fully saturated rings. The van der Waals surface area contributed by atoms with E-state index in [-0.39, 0.29) is 11.9 Å². The molecule has 0 aliphatic rings. The summed E-state index contributed by atoms with van der Waals surface area (Å²) in [7, 11) is 1.75. The van der Waals surface area contributed by atoms with E-state index >= 15 is 0 Å². The molecule has 29 heavy (non-hydrogen) atoms. The van der Waals surface area contributed by atoms with Gasteiger partial charge in [0.25, 0.3) is 5.91 Å². The molecule has 0 saturated carbocycles. The number of fused-ring (bicyclic) bond motifs is 1. The molecule has 0 aliphatic carbocycles. The maximum absolute atomic E-state index is 13.5. The Hall–Kier alpha value is -3.30. The zero-order valence-corrected chi connectivity index (χ0v) is 16.7. The number of nitrogens with two attached hydrogens (primary N) is 1. The fourth-order valence-electron chi connectivity index (χ4n) is 3.06. The Bertz CT molecular complexity index is 1020. The fraction of sp³-hybridized carbons (Fsp3) is 0.421. The summed E-state index contributed by atoms with van der Waals surface area (Å²) in [5.74, 6) is -0.291. The summed E-state index contributed by atoms with van der Waals surface area (Å²) in [6.07, 6.45) is 6.98. The minimum Gasteiger partial charge on any atom is -0.368 e. The van der Waals surface area contributed by atoms with E-state index in [0.717, 1.165) is 25.5 Å². The maximum Gasteiger partial charge on any atom is 0.254 e.